The highest BCUT2D eigenvalue weighted by Crippen LogP contribution is 2.23. The molecule has 0 heterocycles. The van der Waals surface area contributed by atoms with Crippen molar-refractivity contribution in [3.05, 3.63) is 48.5 Å². The average molecular weight is 262 g/mol. The number of hydrogen-bond donors (Lipinski definition) is 1. The maximum absolute atomic E-state index is 6.25. The molecule has 0 spiro atoms. The molecule has 0 saturated carbocycles. The van der Waals surface area contributed by atoms with Crippen LogP contribution >= 0.6 is 0 Å². The zero-order chi connectivity index (χ0) is 13.0. The number of nitrogens with two attached hydrogens (primary N) is 1. The molecule has 2 rings (SSSR count). The third-order valence-electron chi connectivity index (χ3n) is 2.63. The number of ether oxygens (including phenoxy) is 2. The molecule has 94 valence electrons. The zero-order valence-corrected chi connectivity index (χ0v) is 11.2. The summed E-state index contributed by atoms with van der Waals surface area (Å²) < 4.78 is 10.3. The fraction of sp³-hybridized carbons (Fsp3) is 0.143. The lowest BCUT2D eigenvalue weighted by Gasteiger charge is -2.04. The maximum atomic E-state index is 6.25. The molecule has 0 unspecified atom stereocenters. The van der Waals surface area contributed by atoms with Crippen LogP contribution in [0.4, 0.5) is 0 Å². The Kier molecular flexibility index (Phi) is 4.12. The van der Waals surface area contributed by atoms with Gasteiger partial charge in [-0.2, -0.15) is 0 Å². The quantitative estimate of drug-likeness (QED) is 0.861. The molecule has 0 saturated heterocycles. The lowest BCUT2D eigenvalue weighted by Crippen LogP contribution is -2.14. The number of benzene rings is 2. The summed E-state index contributed by atoms with van der Waals surface area (Å²) in [6.45, 7) is 0. The van der Waals surface area contributed by atoms with Crippen molar-refractivity contribution in [1.29, 1.82) is 0 Å². The summed E-state index contributed by atoms with van der Waals surface area (Å²) in [7, 11) is 3.31. The van der Waals surface area contributed by atoms with Crippen LogP contribution in [0.25, 0.3) is 0 Å². The Morgan fingerprint density at radius 1 is 0.722 bits per heavy atom. The van der Waals surface area contributed by atoms with Crippen LogP contribution in [-0.4, -0.2) is 14.2 Å². The van der Waals surface area contributed by atoms with Crippen molar-refractivity contribution >= 4 is 11.1 Å². The monoisotopic (exact) mass is 262 g/mol. The summed E-state index contributed by atoms with van der Waals surface area (Å²) in [6, 6.07) is 15.7. The third kappa shape index (κ3) is 2.78. The van der Waals surface area contributed by atoms with Crippen LogP contribution in [0.2, 0.25) is 0 Å². The lowest BCUT2D eigenvalue weighted by atomic mass is 10.3. The normalized spacial score (nSPS) is 10.4. The highest BCUT2D eigenvalue weighted by Gasteiger charge is 2.20. The van der Waals surface area contributed by atoms with Gasteiger partial charge in [0.25, 0.3) is 0 Å². The maximum Gasteiger partial charge on any atom is 0.181 e. The van der Waals surface area contributed by atoms with Gasteiger partial charge in [-0.25, -0.2) is 0 Å². The molecular formula is C14H16NO2S+. The first-order chi connectivity index (χ1) is 8.74. The van der Waals surface area contributed by atoms with Crippen LogP contribution in [0.15, 0.2) is 58.3 Å². The van der Waals surface area contributed by atoms with Crippen LogP contribution in [0.5, 0.6) is 11.5 Å². The topological polar surface area (TPSA) is 44.5 Å². The Morgan fingerprint density at radius 2 is 1.06 bits per heavy atom. The van der Waals surface area contributed by atoms with E-state index in [-0.39, 0.29) is 0 Å². The second-order valence-electron chi connectivity index (χ2n) is 3.69. The smallest absolute Gasteiger partial charge is 0.181 e. The number of methoxy groups -OCH3 is 2. The molecule has 0 aliphatic heterocycles. The van der Waals surface area contributed by atoms with E-state index in [2.05, 4.69) is 0 Å². The van der Waals surface area contributed by atoms with Gasteiger partial charge < -0.3 is 9.47 Å². The van der Waals surface area contributed by atoms with Crippen LogP contribution in [0.3, 0.4) is 0 Å². The molecule has 4 heteroatoms. The molecule has 0 aromatic heterocycles. The predicted molar refractivity (Wildman–Crippen MR) is 74.1 cm³/mol. The van der Waals surface area contributed by atoms with Crippen molar-refractivity contribution in [2.45, 2.75) is 9.79 Å². The van der Waals surface area contributed by atoms with E-state index in [0.717, 1.165) is 21.3 Å². The molecule has 0 fully saturated rings. The Balaban J connectivity index is 2.20. The molecule has 0 radical (unpaired) electrons. The standard InChI is InChI=1S/C14H16NO2S/c1-16-11-3-7-13(8-4-11)18(15)14-9-5-12(17-2)6-10-14/h3-10H,15H2,1-2H3/q+1. The second kappa shape index (κ2) is 5.80. The van der Waals surface area contributed by atoms with Crippen LogP contribution < -0.4 is 14.6 Å². The Bertz CT molecular complexity index is 449. The first kappa shape index (κ1) is 12.8. The van der Waals surface area contributed by atoms with Gasteiger partial charge in [-0.05, 0) is 48.5 Å². The molecule has 0 amide bonds. The van der Waals surface area contributed by atoms with Crippen LogP contribution in [0, 0.1) is 0 Å². The second-order valence-corrected chi connectivity index (χ2v) is 5.31. The van der Waals surface area contributed by atoms with Gasteiger partial charge in [-0.15, -0.1) is 5.14 Å². The van der Waals surface area contributed by atoms with Crippen LogP contribution in [-0.2, 0) is 11.1 Å². The van der Waals surface area contributed by atoms with E-state index < -0.39 is 11.1 Å². The van der Waals surface area contributed by atoms with E-state index in [9.17, 15) is 0 Å². The molecule has 0 bridgehead atoms. The van der Waals surface area contributed by atoms with Gasteiger partial charge in [-0.1, -0.05) is 0 Å². The molecule has 0 atom stereocenters. The fourth-order valence-corrected chi connectivity index (χ4v) is 2.71. The summed E-state index contributed by atoms with van der Waals surface area (Å²) >= 11 is -0.428. The largest absolute Gasteiger partial charge is 0.497 e. The Hall–Kier alpha value is -1.65. The predicted octanol–water partition coefficient (Wildman–Crippen LogP) is 2.61. The molecule has 18 heavy (non-hydrogen) atoms. The summed E-state index contributed by atoms with van der Waals surface area (Å²) in [6.07, 6.45) is 0. The summed E-state index contributed by atoms with van der Waals surface area (Å²) in [5.41, 5.74) is 0. The first-order valence-corrected chi connectivity index (χ1v) is 6.80. The summed E-state index contributed by atoms with van der Waals surface area (Å²) in [5.74, 6) is 1.68. The molecule has 0 aliphatic rings. The van der Waals surface area contributed by atoms with Gasteiger partial charge in [-0.3, -0.25) is 0 Å². The van der Waals surface area contributed by atoms with E-state index >= 15 is 0 Å². The van der Waals surface area contributed by atoms with Gasteiger partial charge in [0.1, 0.15) is 22.6 Å². The third-order valence-corrected chi connectivity index (χ3v) is 4.19. The fourth-order valence-electron chi connectivity index (χ4n) is 1.58. The van der Waals surface area contributed by atoms with Crippen molar-refractivity contribution in [3.63, 3.8) is 0 Å². The van der Waals surface area contributed by atoms with Gasteiger partial charge in [0.2, 0.25) is 0 Å². The minimum absolute atomic E-state index is 0.428. The number of rotatable bonds is 4. The minimum atomic E-state index is -0.428. The van der Waals surface area contributed by atoms with Crippen molar-refractivity contribution in [2.75, 3.05) is 14.2 Å². The minimum Gasteiger partial charge on any atom is -0.497 e. The van der Waals surface area contributed by atoms with Gasteiger partial charge in [0.15, 0.2) is 9.79 Å². The molecule has 2 N–H and O–H groups in total. The average Bonchev–Trinajstić information content (AvgIpc) is 2.47. The van der Waals surface area contributed by atoms with Crippen molar-refractivity contribution < 1.29 is 9.47 Å². The molecule has 2 aromatic carbocycles. The van der Waals surface area contributed by atoms with Crippen LogP contribution in [0.1, 0.15) is 0 Å². The number of hydrogen-bond acceptors (Lipinski definition) is 3. The van der Waals surface area contributed by atoms with Crippen molar-refractivity contribution in [1.82, 2.24) is 0 Å². The Morgan fingerprint density at radius 3 is 1.33 bits per heavy atom. The van der Waals surface area contributed by atoms with Gasteiger partial charge in [0, 0.05) is 0 Å². The highest BCUT2D eigenvalue weighted by molar-refractivity contribution is 7.94. The van der Waals surface area contributed by atoms with E-state index in [1.54, 1.807) is 14.2 Å². The van der Waals surface area contributed by atoms with Crippen molar-refractivity contribution in [2.24, 2.45) is 5.14 Å². The highest BCUT2D eigenvalue weighted by atomic mass is 32.2. The van der Waals surface area contributed by atoms with E-state index in [4.69, 9.17) is 14.6 Å². The van der Waals surface area contributed by atoms with Crippen molar-refractivity contribution in [3.8, 4) is 11.5 Å². The van der Waals surface area contributed by atoms with E-state index in [0.29, 0.717) is 0 Å². The molecule has 3 nitrogen and oxygen atoms in total. The molecular weight excluding hydrogens is 246 g/mol. The SMILES string of the molecule is COc1ccc([S+](N)c2ccc(OC)cc2)cc1. The summed E-state index contributed by atoms with van der Waals surface area (Å²) in [5, 5.41) is 6.25. The van der Waals surface area contributed by atoms with E-state index in [1.807, 2.05) is 48.5 Å². The zero-order valence-electron chi connectivity index (χ0n) is 10.4. The Labute approximate surface area is 110 Å². The van der Waals surface area contributed by atoms with E-state index in [1.165, 1.54) is 0 Å². The first-order valence-electron chi connectivity index (χ1n) is 5.51. The molecule has 0 aliphatic carbocycles. The molecule has 2 aromatic rings. The summed E-state index contributed by atoms with van der Waals surface area (Å²) in [4.78, 5) is 2.17. The van der Waals surface area contributed by atoms with Gasteiger partial charge >= 0.3 is 0 Å². The van der Waals surface area contributed by atoms with Gasteiger partial charge in [0.05, 0.1) is 14.2 Å². The lowest BCUT2D eigenvalue weighted by molar-refractivity contribution is 0.414.